The Balaban J connectivity index is 1.55. The van der Waals surface area contributed by atoms with Gasteiger partial charge in [0.2, 0.25) is 11.8 Å². The molecule has 0 aliphatic heterocycles. The van der Waals surface area contributed by atoms with Crippen molar-refractivity contribution >= 4 is 29.7 Å². The van der Waals surface area contributed by atoms with Gasteiger partial charge in [0, 0.05) is 42.7 Å². The van der Waals surface area contributed by atoms with Gasteiger partial charge in [-0.25, -0.2) is 14.8 Å². The van der Waals surface area contributed by atoms with E-state index in [0.717, 1.165) is 51.8 Å². The monoisotopic (exact) mass is 670 g/mol. The number of carboxylic acid groups (broad SMARTS) is 1. The van der Waals surface area contributed by atoms with Gasteiger partial charge >= 0.3 is 5.97 Å². The van der Waals surface area contributed by atoms with Crippen molar-refractivity contribution < 1.29 is 14.6 Å². The molecule has 4 aromatic rings. The Morgan fingerprint density at radius 1 is 0.917 bits per heavy atom. The van der Waals surface area contributed by atoms with E-state index >= 15 is 0 Å². The van der Waals surface area contributed by atoms with Gasteiger partial charge in [0.1, 0.15) is 12.4 Å². The molecule has 256 valence electrons. The fourth-order valence-corrected chi connectivity index (χ4v) is 6.26. The van der Waals surface area contributed by atoms with Crippen LogP contribution in [0.5, 0.6) is 5.88 Å². The minimum absolute atomic E-state index is 0.0333. The Morgan fingerprint density at radius 3 is 2.27 bits per heavy atom. The van der Waals surface area contributed by atoms with Crippen LogP contribution in [0.3, 0.4) is 0 Å². The van der Waals surface area contributed by atoms with Crippen molar-refractivity contribution in [2.75, 3.05) is 29.8 Å². The van der Waals surface area contributed by atoms with Crippen molar-refractivity contribution in [1.29, 1.82) is 0 Å². The number of carboxylic acids is 1. The molecule has 10 heteroatoms. The summed E-state index contributed by atoms with van der Waals surface area (Å²) in [5.74, 6) is 0.808. The number of hydrogen-bond donors (Lipinski definition) is 3. The van der Waals surface area contributed by atoms with Crippen LogP contribution < -0.4 is 19.7 Å². The molecule has 0 saturated heterocycles. The first-order valence-corrected chi connectivity index (χ1v) is 17.1. The van der Waals surface area contributed by atoms with Crippen LogP contribution in [0.25, 0.3) is 11.3 Å². The molecule has 2 aromatic heterocycles. The Kier molecular flexibility index (Phi) is 12.1. The molecule has 0 bridgehead atoms. The molecule has 9 nitrogen and oxygen atoms in total. The van der Waals surface area contributed by atoms with Gasteiger partial charge in [-0.2, -0.15) is 4.98 Å². The zero-order chi connectivity index (χ0) is 35.1. The molecule has 0 radical (unpaired) electrons. The average molecular weight is 671 g/mol. The number of aromatic carboxylic acids is 1. The third-order valence-electron chi connectivity index (χ3n) is 7.54. The van der Waals surface area contributed by atoms with Crippen molar-refractivity contribution in [1.82, 2.24) is 20.3 Å². The van der Waals surface area contributed by atoms with Crippen LogP contribution in [0.4, 0.5) is 11.8 Å². The molecular formula is C38H50N6O3S. The Morgan fingerprint density at radius 2 is 1.60 bits per heavy atom. The van der Waals surface area contributed by atoms with Crippen molar-refractivity contribution in [2.24, 2.45) is 10.8 Å². The zero-order valence-electron chi connectivity index (χ0n) is 29.7. The van der Waals surface area contributed by atoms with Crippen LogP contribution in [0.1, 0.15) is 75.1 Å². The van der Waals surface area contributed by atoms with Gasteiger partial charge in [0.05, 0.1) is 17.0 Å². The molecule has 3 N–H and O–H groups in total. The molecule has 0 aliphatic rings. The Hall–Kier alpha value is -4.15. The fourth-order valence-electron chi connectivity index (χ4n) is 5.62. The smallest absolute Gasteiger partial charge is 0.335 e. The van der Waals surface area contributed by atoms with E-state index in [-0.39, 0.29) is 22.4 Å². The van der Waals surface area contributed by atoms with Crippen LogP contribution in [0.2, 0.25) is 0 Å². The van der Waals surface area contributed by atoms with Gasteiger partial charge in [-0.05, 0) is 84.5 Å². The largest absolute Gasteiger partial charge is 0.478 e. The molecule has 2 heterocycles. The molecule has 0 aliphatic carbocycles. The maximum atomic E-state index is 11.5. The summed E-state index contributed by atoms with van der Waals surface area (Å²) in [7, 11) is 2.09. The molecule has 48 heavy (non-hydrogen) atoms. The summed E-state index contributed by atoms with van der Waals surface area (Å²) >= 11 is 1.25. The summed E-state index contributed by atoms with van der Waals surface area (Å²) in [6.07, 6.45) is 0.881. The lowest BCUT2D eigenvalue weighted by molar-refractivity contribution is 0.0696. The number of hydrogen-bond acceptors (Lipinski definition) is 9. The molecule has 1 unspecified atom stereocenters. The highest BCUT2D eigenvalue weighted by atomic mass is 32.2. The third kappa shape index (κ3) is 11.2. The number of carbonyl (C=O) groups is 1. The summed E-state index contributed by atoms with van der Waals surface area (Å²) < 4.78 is 9.65. The summed E-state index contributed by atoms with van der Waals surface area (Å²) in [6, 6.07) is 21.0. The normalized spacial score (nSPS) is 12.4. The zero-order valence-corrected chi connectivity index (χ0v) is 30.5. The minimum Gasteiger partial charge on any atom is -0.478 e. The number of nitrogens with zero attached hydrogens (tertiary/aromatic N) is 4. The second-order valence-corrected chi connectivity index (χ2v) is 15.7. The molecule has 0 saturated carbocycles. The number of nitrogens with one attached hydrogen (secondary N) is 2. The maximum absolute atomic E-state index is 11.5. The van der Waals surface area contributed by atoms with Gasteiger partial charge < -0.3 is 20.1 Å². The predicted octanol–water partition coefficient (Wildman–Crippen LogP) is 8.43. The number of ether oxygens (including phenoxy) is 1. The van der Waals surface area contributed by atoms with E-state index in [1.54, 1.807) is 18.2 Å². The van der Waals surface area contributed by atoms with Gasteiger partial charge in [-0.1, -0.05) is 71.9 Å². The lowest BCUT2D eigenvalue weighted by atomic mass is 9.88. The van der Waals surface area contributed by atoms with Crippen molar-refractivity contribution in [2.45, 2.75) is 79.3 Å². The summed E-state index contributed by atoms with van der Waals surface area (Å²) in [5, 5.41) is 13.1. The van der Waals surface area contributed by atoms with Gasteiger partial charge in [-0.15, -0.1) is 0 Å². The highest BCUT2D eigenvalue weighted by molar-refractivity contribution is 8.00. The lowest BCUT2D eigenvalue weighted by Gasteiger charge is -2.28. The van der Waals surface area contributed by atoms with E-state index in [1.807, 2.05) is 18.2 Å². The van der Waals surface area contributed by atoms with E-state index in [9.17, 15) is 9.90 Å². The van der Waals surface area contributed by atoms with Crippen LogP contribution in [-0.4, -0.2) is 52.3 Å². The second-order valence-electron chi connectivity index (χ2n) is 14.8. The average Bonchev–Trinajstić information content (AvgIpc) is 3.00. The van der Waals surface area contributed by atoms with Gasteiger partial charge in [0.25, 0.3) is 0 Å². The lowest BCUT2D eigenvalue weighted by Crippen LogP contribution is -2.38. The number of aryl methyl sites for hydroxylation is 2. The van der Waals surface area contributed by atoms with Crippen LogP contribution in [0, 0.1) is 24.7 Å². The third-order valence-corrected chi connectivity index (χ3v) is 8.31. The predicted molar refractivity (Wildman–Crippen MR) is 197 cm³/mol. The number of pyridine rings is 1. The molecule has 2 aromatic carbocycles. The quantitative estimate of drug-likeness (QED) is 0.113. The van der Waals surface area contributed by atoms with E-state index in [0.29, 0.717) is 25.0 Å². The van der Waals surface area contributed by atoms with Crippen molar-refractivity contribution in [3.8, 4) is 17.1 Å². The SMILES string of the molecule is Cc1cccc(C)c1-c1cc(OCC(CC(C)(C)C)NCc2cccc(N(C)CC(C)(C)C)n2)nc(NSc2cccc(C(=O)O)c2)n1. The van der Waals surface area contributed by atoms with E-state index in [1.165, 1.54) is 11.9 Å². The highest BCUT2D eigenvalue weighted by Crippen LogP contribution is 2.31. The molecule has 1 atom stereocenters. The first kappa shape index (κ1) is 36.7. The first-order valence-electron chi connectivity index (χ1n) is 16.3. The second kappa shape index (κ2) is 15.8. The van der Waals surface area contributed by atoms with Gasteiger partial charge in [0.15, 0.2) is 0 Å². The standard InChI is InChI=1S/C38H50N6O3S/c1-25-13-10-14-26(2)34(25)31-20-33(42-36(41-31)43-48-30-17-11-15-27(19-30)35(45)46)47-23-29(21-37(3,4)5)39-22-28-16-12-18-32(40-28)44(9)24-38(6,7)8/h10-20,29,39H,21-24H2,1-9H3,(H,45,46)(H,41,42,43). The van der Waals surface area contributed by atoms with E-state index in [2.05, 4.69) is 108 Å². The number of aromatic nitrogens is 3. The maximum Gasteiger partial charge on any atom is 0.335 e. The number of benzene rings is 2. The summed E-state index contributed by atoms with van der Waals surface area (Å²) in [4.78, 5) is 28.9. The van der Waals surface area contributed by atoms with Crippen LogP contribution in [-0.2, 0) is 6.54 Å². The van der Waals surface area contributed by atoms with E-state index in [4.69, 9.17) is 19.7 Å². The van der Waals surface area contributed by atoms with Crippen LogP contribution in [0.15, 0.2) is 71.6 Å². The first-order chi connectivity index (χ1) is 22.6. The minimum atomic E-state index is -0.976. The topological polar surface area (TPSA) is 112 Å². The van der Waals surface area contributed by atoms with Crippen molar-refractivity contribution in [3.63, 3.8) is 0 Å². The number of anilines is 2. The Labute approximate surface area is 290 Å². The molecule has 4 rings (SSSR count). The molecule has 0 fully saturated rings. The molecule has 0 amide bonds. The van der Waals surface area contributed by atoms with Crippen LogP contribution >= 0.6 is 11.9 Å². The summed E-state index contributed by atoms with van der Waals surface area (Å²) in [6.45, 7) is 19.4. The molecule has 0 spiro atoms. The highest BCUT2D eigenvalue weighted by Gasteiger charge is 2.21. The van der Waals surface area contributed by atoms with E-state index < -0.39 is 5.97 Å². The van der Waals surface area contributed by atoms with Crippen molar-refractivity contribution in [3.05, 3.63) is 89.1 Å². The fraction of sp³-hybridized carbons (Fsp3) is 0.421. The molecular weight excluding hydrogens is 621 g/mol. The van der Waals surface area contributed by atoms with Gasteiger partial charge in [-0.3, -0.25) is 4.72 Å². The number of rotatable bonds is 14. The Bertz CT molecular complexity index is 1680. The summed E-state index contributed by atoms with van der Waals surface area (Å²) in [5.41, 5.74) is 5.39.